The van der Waals surface area contributed by atoms with Gasteiger partial charge in [-0.25, -0.2) is 0 Å². The highest BCUT2D eigenvalue weighted by molar-refractivity contribution is 7.99. The summed E-state index contributed by atoms with van der Waals surface area (Å²) in [4.78, 5) is 1.08. The Labute approximate surface area is 83.1 Å². The summed E-state index contributed by atoms with van der Waals surface area (Å²) in [5.41, 5.74) is 12.9. The second kappa shape index (κ2) is 5.17. The van der Waals surface area contributed by atoms with Crippen LogP contribution >= 0.6 is 24.2 Å². The Morgan fingerprint density at radius 1 is 1.33 bits per heavy atom. The van der Waals surface area contributed by atoms with Crippen LogP contribution in [0.2, 0.25) is 0 Å². The minimum atomic E-state index is 0. The van der Waals surface area contributed by atoms with Gasteiger partial charge in [0.2, 0.25) is 0 Å². The molecular weight excluding hydrogens is 192 g/mol. The molecule has 0 aliphatic rings. The minimum Gasteiger partial charge on any atom is -0.399 e. The lowest BCUT2D eigenvalue weighted by atomic mass is 10.3. The molecule has 1 rings (SSSR count). The molecule has 0 aliphatic carbocycles. The van der Waals surface area contributed by atoms with E-state index in [4.69, 9.17) is 11.5 Å². The van der Waals surface area contributed by atoms with Crippen molar-refractivity contribution < 1.29 is 0 Å². The number of halogens is 1. The highest BCUT2D eigenvalue weighted by Crippen LogP contribution is 2.26. The van der Waals surface area contributed by atoms with Gasteiger partial charge in [0.15, 0.2) is 0 Å². The van der Waals surface area contributed by atoms with Crippen LogP contribution in [0.5, 0.6) is 0 Å². The van der Waals surface area contributed by atoms with Gasteiger partial charge in [-0.3, -0.25) is 0 Å². The average Bonchev–Trinajstić information content (AvgIpc) is 1.98. The zero-order chi connectivity index (χ0) is 8.27. The summed E-state index contributed by atoms with van der Waals surface area (Å²) in [6.07, 6.45) is 0. The van der Waals surface area contributed by atoms with Crippen molar-refractivity contribution in [1.29, 1.82) is 0 Å². The number of nitrogens with two attached hydrogens (primary N) is 2. The van der Waals surface area contributed by atoms with Crippen molar-refractivity contribution in [2.24, 2.45) is 0 Å². The molecular formula is C8H13ClN2S. The molecule has 0 aliphatic heterocycles. The van der Waals surface area contributed by atoms with Crippen LogP contribution in [0.4, 0.5) is 11.4 Å². The molecule has 0 unspecified atom stereocenters. The number of anilines is 2. The maximum atomic E-state index is 5.70. The van der Waals surface area contributed by atoms with E-state index in [1.54, 1.807) is 11.8 Å². The van der Waals surface area contributed by atoms with Gasteiger partial charge in [0.05, 0.1) is 0 Å². The van der Waals surface area contributed by atoms with Crippen LogP contribution in [0.1, 0.15) is 6.92 Å². The quantitative estimate of drug-likeness (QED) is 0.575. The second-order valence-corrected chi connectivity index (χ2v) is 3.54. The molecule has 0 saturated heterocycles. The van der Waals surface area contributed by atoms with Gasteiger partial charge in [-0.2, -0.15) is 0 Å². The standard InChI is InChI=1S/C8H12N2S.ClH/c1-2-11-8-5-6(9)3-4-7(8)10;/h3-5H,2,9-10H2,1H3;1H. The molecule has 0 bridgehead atoms. The van der Waals surface area contributed by atoms with Crippen molar-refractivity contribution in [3.63, 3.8) is 0 Å². The average molecular weight is 205 g/mol. The lowest BCUT2D eigenvalue weighted by molar-refractivity contribution is 1.43. The SMILES string of the molecule is CCSc1cc(N)ccc1N.Cl. The molecule has 0 spiro atoms. The Hall–Kier alpha value is -0.540. The molecule has 4 N–H and O–H groups in total. The molecule has 0 amide bonds. The summed E-state index contributed by atoms with van der Waals surface area (Å²) in [7, 11) is 0. The zero-order valence-corrected chi connectivity index (χ0v) is 8.54. The van der Waals surface area contributed by atoms with E-state index in [1.807, 2.05) is 18.2 Å². The summed E-state index contributed by atoms with van der Waals surface area (Å²) >= 11 is 1.71. The molecule has 0 saturated carbocycles. The normalized spacial score (nSPS) is 9.08. The maximum Gasteiger partial charge on any atom is 0.0453 e. The second-order valence-electron chi connectivity index (χ2n) is 2.23. The molecule has 1 aromatic rings. The van der Waals surface area contributed by atoms with Crippen molar-refractivity contribution in [3.05, 3.63) is 18.2 Å². The van der Waals surface area contributed by atoms with Crippen LogP contribution in [0, 0.1) is 0 Å². The van der Waals surface area contributed by atoms with E-state index < -0.39 is 0 Å². The van der Waals surface area contributed by atoms with Crippen LogP contribution in [-0.4, -0.2) is 5.75 Å². The Balaban J connectivity index is 0.00000121. The van der Waals surface area contributed by atoms with Crippen molar-refractivity contribution in [2.45, 2.75) is 11.8 Å². The third-order valence-corrected chi connectivity index (χ3v) is 2.29. The first-order valence-corrected chi connectivity index (χ1v) is 4.50. The van der Waals surface area contributed by atoms with Crippen LogP contribution in [0.15, 0.2) is 23.1 Å². The predicted octanol–water partition coefficient (Wildman–Crippen LogP) is 2.38. The zero-order valence-electron chi connectivity index (χ0n) is 6.91. The lowest BCUT2D eigenvalue weighted by Crippen LogP contribution is -1.91. The molecule has 2 nitrogen and oxygen atoms in total. The number of rotatable bonds is 2. The summed E-state index contributed by atoms with van der Waals surface area (Å²) in [6, 6.07) is 5.56. The van der Waals surface area contributed by atoms with Gasteiger partial charge < -0.3 is 11.5 Å². The smallest absolute Gasteiger partial charge is 0.0453 e. The van der Waals surface area contributed by atoms with E-state index in [2.05, 4.69) is 6.92 Å². The van der Waals surface area contributed by atoms with Gasteiger partial charge in [-0.15, -0.1) is 24.2 Å². The first-order chi connectivity index (χ1) is 5.24. The Kier molecular flexibility index (Phi) is 4.93. The number of nitrogen functional groups attached to an aromatic ring is 2. The van der Waals surface area contributed by atoms with Crippen LogP contribution in [-0.2, 0) is 0 Å². The van der Waals surface area contributed by atoms with Gasteiger partial charge in [0, 0.05) is 16.3 Å². The predicted molar refractivity (Wildman–Crippen MR) is 58.9 cm³/mol. The molecule has 0 radical (unpaired) electrons. The molecule has 0 aromatic heterocycles. The van der Waals surface area contributed by atoms with Gasteiger partial charge in [-0.05, 0) is 24.0 Å². The third-order valence-electron chi connectivity index (χ3n) is 1.34. The molecule has 68 valence electrons. The summed E-state index contributed by atoms with van der Waals surface area (Å²) < 4.78 is 0. The van der Waals surface area contributed by atoms with Crippen molar-refractivity contribution in [1.82, 2.24) is 0 Å². The van der Waals surface area contributed by atoms with Gasteiger partial charge in [0.25, 0.3) is 0 Å². The van der Waals surface area contributed by atoms with E-state index in [0.29, 0.717) is 0 Å². The fourth-order valence-corrected chi connectivity index (χ4v) is 1.60. The van der Waals surface area contributed by atoms with E-state index in [1.165, 1.54) is 0 Å². The van der Waals surface area contributed by atoms with E-state index >= 15 is 0 Å². The first-order valence-electron chi connectivity index (χ1n) is 3.52. The van der Waals surface area contributed by atoms with Crippen LogP contribution in [0.25, 0.3) is 0 Å². The fourth-order valence-electron chi connectivity index (χ4n) is 0.831. The molecule has 12 heavy (non-hydrogen) atoms. The van der Waals surface area contributed by atoms with Gasteiger partial charge in [0.1, 0.15) is 0 Å². The van der Waals surface area contributed by atoms with E-state index in [9.17, 15) is 0 Å². The summed E-state index contributed by atoms with van der Waals surface area (Å²) in [5.74, 6) is 1.02. The van der Waals surface area contributed by atoms with Gasteiger partial charge in [-0.1, -0.05) is 6.92 Å². The highest BCUT2D eigenvalue weighted by Gasteiger charge is 1.97. The largest absolute Gasteiger partial charge is 0.399 e. The Morgan fingerprint density at radius 3 is 2.58 bits per heavy atom. The van der Waals surface area contributed by atoms with Crippen LogP contribution in [0.3, 0.4) is 0 Å². The monoisotopic (exact) mass is 204 g/mol. The fraction of sp³-hybridized carbons (Fsp3) is 0.250. The summed E-state index contributed by atoms with van der Waals surface area (Å²) in [5, 5.41) is 0. The number of thioether (sulfide) groups is 1. The van der Waals surface area contributed by atoms with E-state index in [-0.39, 0.29) is 12.4 Å². The molecule has 0 fully saturated rings. The molecule has 0 atom stereocenters. The van der Waals surface area contributed by atoms with Crippen molar-refractivity contribution in [3.8, 4) is 0 Å². The highest BCUT2D eigenvalue weighted by atomic mass is 35.5. The van der Waals surface area contributed by atoms with Crippen LogP contribution < -0.4 is 11.5 Å². The minimum absolute atomic E-state index is 0. The number of benzene rings is 1. The van der Waals surface area contributed by atoms with Crippen molar-refractivity contribution >= 4 is 35.5 Å². The first kappa shape index (κ1) is 11.5. The third kappa shape index (κ3) is 2.83. The molecule has 1 aromatic carbocycles. The van der Waals surface area contributed by atoms with Gasteiger partial charge >= 0.3 is 0 Å². The Bertz CT molecular complexity index is 253. The molecule has 0 heterocycles. The Morgan fingerprint density at radius 2 is 2.00 bits per heavy atom. The van der Waals surface area contributed by atoms with E-state index in [0.717, 1.165) is 22.0 Å². The molecule has 4 heteroatoms. The lowest BCUT2D eigenvalue weighted by Gasteiger charge is -2.03. The number of hydrogen-bond donors (Lipinski definition) is 2. The summed E-state index contributed by atoms with van der Waals surface area (Å²) in [6.45, 7) is 2.09. The maximum absolute atomic E-state index is 5.70. The van der Waals surface area contributed by atoms with Crippen molar-refractivity contribution in [2.75, 3.05) is 17.2 Å². The topological polar surface area (TPSA) is 52.0 Å². The number of hydrogen-bond acceptors (Lipinski definition) is 3.